The first-order valence-electron chi connectivity index (χ1n) is 4.45. The van der Waals surface area contributed by atoms with Crippen molar-refractivity contribution in [3.05, 3.63) is 30.3 Å². The minimum atomic E-state index is -3.32. The number of para-hydroxylation sites is 1. The average molecular weight is 302 g/mol. The van der Waals surface area contributed by atoms with E-state index in [2.05, 4.69) is 5.09 Å². The van der Waals surface area contributed by atoms with E-state index in [4.69, 9.17) is 34.8 Å². The molecule has 0 saturated carbocycles. The molecule has 1 N–H and O–H groups in total. The van der Waals surface area contributed by atoms with E-state index in [1.807, 2.05) is 6.07 Å². The summed E-state index contributed by atoms with van der Waals surface area (Å²) in [5, 5.41) is 2.78. The summed E-state index contributed by atoms with van der Waals surface area (Å²) < 4.78 is 12.0. The van der Waals surface area contributed by atoms with Crippen LogP contribution in [0.25, 0.3) is 0 Å². The lowest BCUT2D eigenvalue weighted by molar-refractivity contribution is 0.519. The molecule has 3 nitrogen and oxygen atoms in total. The van der Waals surface area contributed by atoms with Crippen LogP contribution in [0, 0.1) is 0 Å². The lowest BCUT2D eigenvalue weighted by Crippen LogP contribution is -2.24. The number of halogens is 3. The maximum Gasteiger partial charge on any atom is 0.286 e. The summed E-state index contributed by atoms with van der Waals surface area (Å²) in [6.45, 7) is 0. The highest BCUT2D eigenvalue weighted by Gasteiger charge is 2.46. The Morgan fingerprint density at radius 2 is 1.69 bits per heavy atom. The molecule has 1 aromatic rings. The molecule has 0 aromatic heterocycles. The van der Waals surface area contributed by atoms with Gasteiger partial charge in [-0.05, 0) is 26.2 Å². The van der Waals surface area contributed by atoms with Gasteiger partial charge in [0.2, 0.25) is 0 Å². The van der Waals surface area contributed by atoms with Crippen LogP contribution in [0.1, 0.15) is 0 Å². The first-order chi connectivity index (χ1) is 7.27. The zero-order valence-electron chi connectivity index (χ0n) is 8.82. The maximum atomic E-state index is 12.5. The highest BCUT2D eigenvalue weighted by atomic mass is 35.6. The molecule has 0 bridgehead atoms. The summed E-state index contributed by atoms with van der Waals surface area (Å²) in [5.74, 6) is 0. The van der Waals surface area contributed by atoms with Crippen molar-refractivity contribution in [3.63, 3.8) is 0 Å². The molecule has 0 saturated heterocycles. The van der Waals surface area contributed by atoms with E-state index < -0.39 is 11.0 Å². The number of alkyl halides is 3. The monoisotopic (exact) mass is 300 g/mol. The van der Waals surface area contributed by atoms with Crippen LogP contribution < -0.4 is 5.09 Å². The van der Waals surface area contributed by atoms with Gasteiger partial charge in [0, 0.05) is 5.69 Å². The highest BCUT2D eigenvalue weighted by molar-refractivity contribution is 7.70. The quantitative estimate of drug-likeness (QED) is 0.671. The average Bonchev–Trinajstić information content (AvgIpc) is 2.17. The minimum Gasteiger partial charge on any atom is -0.321 e. The molecule has 0 unspecified atom stereocenters. The standard InChI is InChI=1S/C9H12Cl3N2OP/c1-14(2)16(15,9(10,11)12)13-8-6-4-3-5-7-8/h3-7H,1-2H3,(H,13,15)/t16-/m0/s1. The zero-order valence-corrected chi connectivity index (χ0v) is 12.0. The molecule has 0 amide bonds. The van der Waals surface area contributed by atoms with Crippen molar-refractivity contribution in [1.82, 2.24) is 4.67 Å². The van der Waals surface area contributed by atoms with Gasteiger partial charge in [0.1, 0.15) is 0 Å². The topological polar surface area (TPSA) is 32.3 Å². The van der Waals surface area contributed by atoms with E-state index >= 15 is 0 Å². The third kappa shape index (κ3) is 3.06. The number of nitrogens with zero attached hydrogens (tertiary/aromatic N) is 1. The largest absolute Gasteiger partial charge is 0.321 e. The molecule has 1 rings (SSSR count). The van der Waals surface area contributed by atoms with Gasteiger partial charge in [-0.3, -0.25) is 4.57 Å². The lowest BCUT2D eigenvalue weighted by atomic mass is 10.3. The van der Waals surface area contributed by atoms with Gasteiger partial charge >= 0.3 is 0 Å². The molecule has 7 heteroatoms. The fourth-order valence-corrected chi connectivity index (χ4v) is 4.10. The Bertz CT molecular complexity index is 391. The van der Waals surface area contributed by atoms with Gasteiger partial charge in [0.25, 0.3) is 11.0 Å². The molecule has 0 fully saturated rings. The fourth-order valence-electron chi connectivity index (χ4n) is 1.08. The number of benzene rings is 1. The summed E-state index contributed by atoms with van der Waals surface area (Å²) in [6.07, 6.45) is 0. The number of hydrogen-bond acceptors (Lipinski definition) is 1. The Morgan fingerprint density at radius 3 is 2.06 bits per heavy atom. The smallest absolute Gasteiger partial charge is 0.286 e. The van der Waals surface area contributed by atoms with Gasteiger partial charge in [-0.15, -0.1) is 0 Å². The predicted octanol–water partition coefficient (Wildman–Crippen LogP) is 4.18. The summed E-state index contributed by atoms with van der Waals surface area (Å²) >= 11 is 17.2. The van der Waals surface area contributed by atoms with E-state index in [1.54, 1.807) is 38.4 Å². The van der Waals surface area contributed by atoms with E-state index in [9.17, 15) is 4.57 Å². The second-order valence-corrected chi connectivity index (χ2v) is 9.29. The van der Waals surface area contributed by atoms with Gasteiger partial charge in [-0.1, -0.05) is 53.0 Å². The Hall–Kier alpha value is 0.0800. The van der Waals surface area contributed by atoms with Crippen molar-refractivity contribution in [2.45, 2.75) is 3.53 Å². The molecular weight excluding hydrogens is 289 g/mol. The second kappa shape index (κ2) is 5.16. The van der Waals surface area contributed by atoms with Crippen LogP contribution in [0.15, 0.2) is 30.3 Å². The Kier molecular flexibility index (Phi) is 4.56. The Morgan fingerprint density at radius 1 is 1.19 bits per heavy atom. The number of nitrogens with one attached hydrogen (secondary N) is 1. The summed E-state index contributed by atoms with van der Waals surface area (Å²) in [6, 6.07) is 8.97. The number of anilines is 1. The Balaban J connectivity index is 3.03. The zero-order chi connectivity index (χ0) is 12.4. The van der Waals surface area contributed by atoms with Crippen LogP contribution in [0.4, 0.5) is 5.69 Å². The van der Waals surface area contributed by atoms with Crippen LogP contribution in [-0.2, 0) is 4.57 Å². The third-order valence-electron chi connectivity index (χ3n) is 1.96. The van der Waals surface area contributed by atoms with Crippen LogP contribution in [-0.4, -0.2) is 22.3 Å². The van der Waals surface area contributed by atoms with E-state index in [0.29, 0.717) is 5.69 Å². The molecule has 0 spiro atoms. The predicted molar refractivity (Wildman–Crippen MR) is 71.6 cm³/mol. The van der Waals surface area contributed by atoms with Crippen molar-refractivity contribution in [2.24, 2.45) is 0 Å². The highest BCUT2D eigenvalue weighted by Crippen LogP contribution is 2.65. The van der Waals surface area contributed by atoms with Gasteiger partial charge in [0.05, 0.1) is 0 Å². The number of rotatable bonds is 3. The van der Waals surface area contributed by atoms with Crippen molar-refractivity contribution < 1.29 is 4.57 Å². The van der Waals surface area contributed by atoms with E-state index in [-0.39, 0.29) is 0 Å². The normalized spacial score (nSPS) is 15.9. The maximum absolute atomic E-state index is 12.5. The summed E-state index contributed by atoms with van der Waals surface area (Å²) in [7, 11) is -0.126. The molecule has 0 aliphatic heterocycles. The first-order valence-corrected chi connectivity index (χ1v) is 7.25. The van der Waals surface area contributed by atoms with Crippen molar-refractivity contribution in [2.75, 3.05) is 19.2 Å². The van der Waals surface area contributed by atoms with Crippen molar-refractivity contribution in [3.8, 4) is 0 Å². The SMILES string of the molecule is CN(C)[P@@](=O)(Nc1ccccc1)C(Cl)(Cl)Cl. The molecule has 1 atom stereocenters. The van der Waals surface area contributed by atoms with Gasteiger partial charge < -0.3 is 5.09 Å². The van der Waals surface area contributed by atoms with Gasteiger partial charge in [-0.25, -0.2) is 4.67 Å². The van der Waals surface area contributed by atoms with Gasteiger partial charge in [0.15, 0.2) is 0 Å². The molecule has 16 heavy (non-hydrogen) atoms. The summed E-state index contributed by atoms with van der Waals surface area (Å²) in [4.78, 5) is 0. The van der Waals surface area contributed by atoms with Crippen LogP contribution in [0.3, 0.4) is 0 Å². The van der Waals surface area contributed by atoms with E-state index in [1.165, 1.54) is 4.67 Å². The second-order valence-electron chi connectivity index (χ2n) is 3.37. The van der Waals surface area contributed by atoms with Crippen molar-refractivity contribution >= 4 is 47.9 Å². The fraction of sp³-hybridized carbons (Fsp3) is 0.333. The van der Waals surface area contributed by atoms with Crippen LogP contribution >= 0.6 is 42.2 Å². The molecule has 0 aliphatic rings. The molecule has 0 radical (unpaired) electrons. The van der Waals surface area contributed by atoms with Crippen molar-refractivity contribution in [1.29, 1.82) is 0 Å². The molecule has 0 aliphatic carbocycles. The number of hydrogen-bond donors (Lipinski definition) is 1. The van der Waals surface area contributed by atoms with Gasteiger partial charge in [-0.2, -0.15) is 0 Å². The lowest BCUT2D eigenvalue weighted by Gasteiger charge is -2.31. The molecule has 1 aromatic carbocycles. The first kappa shape index (κ1) is 14.1. The van der Waals surface area contributed by atoms with Crippen LogP contribution in [0.5, 0.6) is 0 Å². The molecule has 90 valence electrons. The molecule has 0 heterocycles. The summed E-state index contributed by atoms with van der Waals surface area (Å²) in [5.41, 5.74) is 0.644. The molecular formula is C9H12Cl3N2OP. The van der Waals surface area contributed by atoms with Crippen LogP contribution in [0.2, 0.25) is 0 Å². The third-order valence-corrected chi connectivity index (χ3v) is 6.40. The van der Waals surface area contributed by atoms with E-state index in [0.717, 1.165) is 0 Å². The Labute approximate surface area is 110 Å². The minimum absolute atomic E-state index is 0.644.